The molecule has 0 rings (SSSR count). The number of aliphatic carboxylic acids is 2. The Bertz CT molecular complexity index is 1080. The smallest absolute Gasteiger partial charge is 0.326 e. The number of nitrogens with one attached hydrogen (secondary N) is 6. The highest BCUT2D eigenvalue weighted by Crippen LogP contribution is 2.11. The van der Waals surface area contributed by atoms with E-state index in [-0.39, 0.29) is 115 Å². The van der Waals surface area contributed by atoms with Crippen molar-refractivity contribution in [3.05, 3.63) is 0 Å². The SMILES string of the molecule is CCCCCCCCCCCC(=O)N[C@@H](CCC(=O)NCCOCCOCC(=O)NCCOCCOCC(=O)N[C@H](CCCNC(=N)N)C(=O)O)C(=O)O. The van der Waals surface area contributed by atoms with Gasteiger partial charge in [-0.25, -0.2) is 9.59 Å². The maximum absolute atomic E-state index is 12.2. The van der Waals surface area contributed by atoms with Gasteiger partial charge in [0.05, 0.1) is 39.6 Å². The van der Waals surface area contributed by atoms with Gasteiger partial charge in [0.25, 0.3) is 0 Å². The highest BCUT2D eigenvalue weighted by Gasteiger charge is 2.21. The van der Waals surface area contributed by atoms with Gasteiger partial charge >= 0.3 is 11.9 Å². The molecule has 0 unspecified atom stereocenters. The molecule has 0 aliphatic carbocycles. The number of rotatable bonds is 37. The van der Waals surface area contributed by atoms with Gasteiger partial charge < -0.3 is 61.5 Å². The standard InChI is InChI=1S/C35H65N7O12/c1-2-3-4-5-6-7-8-9-10-13-30(44)41-28(34(49)50)14-15-29(43)38-17-19-51-21-23-53-25-31(45)39-18-20-52-22-24-54-26-32(46)42-27(33(47)48)12-11-16-40-35(36)37/h27-28H,2-26H2,1H3,(H,38,43)(H,39,45)(H,41,44)(H,42,46)(H,47,48)(H,49,50)(H4,36,37,40)/t27-,28+/m1/s1. The monoisotopic (exact) mass is 775 g/mol. The lowest BCUT2D eigenvalue weighted by Gasteiger charge is -2.15. The van der Waals surface area contributed by atoms with Crippen LogP contribution in [0.3, 0.4) is 0 Å². The molecule has 0 fully saturated rings. The summed E-state index contributed by atoms with van der Waals surface area (Å²) in [7, 11) is 0. The molecule has 0 spiro atoms. The van der Waals surface area contributed by atoms with Crippen molar-refractivity contribution in [1.82, 2.24) is 26.6 Å². The zero-order valence-corrected chi connectivity index (χ0v) is 31.9. The third kappa shape index (κ3) is 32.6. The van der Waals surface area contributed by atoms with Gasteiger partial charge in [-0.05, 0) is 25.7 Å². The quantitative estimate of drug-likeness (QED) is 0.0235. The first kappa shape index (κ1) is 49.9. The number of amides is 4. The first-order chi connectivity index (χ1) is 26.0. The minimum Gasteiger partial charge on any atom is -0.480 e. The van der Waals surface area contributed by atoms with E-state index >= 15 is 0 Å². The number of hydrogen-bond donors (Lipinski definition) is 9. The Balaban J connectivity index is 3.76. The molecule has 54 heavy (non-hydrogen) atoms. The second-order valence-electron chi connectivity index (χ2n) is 12.5. The van der Waals surface area contributed by atoms with Crippen molar-refractivity contribution in [1.29, 1.82) is 5.41 Å². The predicted molar refractivity (Wildman–Crippen MR) is 199 cm³/mol. The predicted octanol–water partition coefficient (Wildman–Crippen LogP) is 0.388. The molecule has 0 aromatic carbocycles. The number of ether oxygens (including phenoxy) is 4. The molecule has 0 radical (unpaired) electrons. The summed E-state index contributed by atoms with van der Waals surface area (Å²) < 4.78 is 21.1. The van der Waals surface area contributed by atoms with Crippen LogP contribution < -0.4 is 32.3 Å². The average molecular weight is 776 g/mol. The zero-order valence-electron chi connectivity index (χ0n) is 31.9. The van der Waals surface area contributed by atoms with E-state index in [4.69, 9.17) is 30.1 Å². The zero-order chi connectivity index (χ0) is 40.2. The van der Waals surface area contributed by atoms with E-state index in [2.05, 4.69) is 33.5 Å². The largest absolute Gasteiger partial charge is 0.480 e. The minimum atomic E-state index is -1.18. The number of carboxylic acids is 2. The number of carboxylic acid groups (broad SMARTS) is 2. The number of guanidine groups is 1. The van der Waals surface area contributed by atoms with E-state index in [1.54, 1.807) is 0 Å². The summed E-state index contributed by atoms with van der Waals surface area (Å²) in [5.41, 5.74) is 5.16. The second kappa shape index (κ2) is 34.7. The Labute approximate surface area is 318 Å². The van der Waals surface area contributed by atoms with Gasteiger partial charge in [0, 0.05) is 32.5 Å². The van der Waals surface area contributed by atoms with Crippen molar-refractivity contribution >= 4 is 41.5 Å². The fourth-order valence-corrected chi connectivity index (χ4v) is 4.85. The molecule has 19 heteroatoms. The highest BCUT2D eigenvalue weighted by molar-refractivity contribution is 5.85. The molecular weight excluding hydrogens is 710 g/mol. The molecular formula is C35H65N7O12. The minimum absolute atomic E-state index is 0.0227. The van der Waals surface area contributed by atoms with E-state index < -0.39 is 29.9 Å². The topological polar surface area (TPSA) is 290 Å². The Kier molecular flexibility index (Phi) is 32.1. The average Bonchev–Trinajstić information content (AvgIpc) is 3.12. The third-order valence-electron chi connectivity index (χ3n) is 7.77. The lowest BCUT2D eigenvalue weighted by molar-refractivity contribution is -0.143. The first-order valence-electron chi connectivity index (χ1n) is 18.9. The maximum Gasteiger partial charge on any atom is 0.326 e. The van der Waals surface area contributed by atoms with Gasteiger partial charge in [-0.2, -0.15) is 0 Å². The van der Waals surface area contributed by atoms with E-state index in [1.807, 2.05) is 0 Å². The molecule has 0 aliphatic heterocycles. The van der Waals surface area contributed by atoms with E-state index in [9.17, 15) is 39.0 Å². The molecule has 0 saturated heterocycles. The van der Waals surface area contributed by atoms with Gasteiger partial charge in [-0.15, -0.1) is 0 Å². The van der Waals surface area contributed by atoms with Crippen LogP contribution in [-0.4, -0.2) is 136 Å². The summed E-state index contributed by atoms with van der Waals surface area (Å²) >= 11 is 0. The van der Waals surface area contributed by atoms with E-state index in [0.717, 1.165) is 19.3 Å². The summed E-state index contributed by atoms with van der Waals surface area (Å²) in [5, 5.41) is 38.4. The fraction of sp³-hybridized carbons (Fsp3) is 0.800. The van der Waals surface area contributed by atoms with Crippen molar-refractivity contribution in [2.75, 3.05) is 72.5 Å². The number of hydrogen-bond acceptors (Lipinski definition) is 11. The summed E-state index contributed by atoms with van der Waals surface area (Å²) in [5.74, 6) is -4.21. The Morgan fingerprint density at radius 3 is 1.57 bits per heavy atom. The van der Waals surface area contributed by atoms with Crippen LogP contribution in [0.5, 0.6) is 0 Å². The first-order valence-corrected chi connectivity index (χ1v) is 18.9. The van der Waals surface area contributed by atoms with Crippen LogP contribution in [0.15, 0.2) is 0 Å². The molecule has 0 aromatic rings. The number of nitrogens with two attached hydrogens (primary N) is 1. The molecule has 10 N–H and O–H groups in total. The lowest BCUT2D eigenvalue weighted by atomic mass is 10.1. The van der Waals surface area contributed by atoms with Gasteiger partial charge in [-0.3, -0.25) is 24.6 Å². The number of unbranched alkanes of at least 4 members (excludes halogenated alkanes) is 8. The van der Waals surface area contributed by atoms with Gasteiger partial charge in [0.1, 0.15) is 25.3 Å². The molecule has 312 valence electrons. The maximum atomic E-state index is 12.2. The Morgan fingerprint density at radius 2 is 1.02 bits per heavy atom. The third-order valence-corrected chi connectivity index (χ3v) is 7.77. The lowest BCUT2D eigenvalue weighted by Crippen LogP contribution is -2.43. The van der Waals surface area contributed by atoms with Crippen LogP contribution in [0.1, 0.15) is 96.8 Å². The molecule has 2 atom stereocenters. The number of carbonyl (C=O) groups excluding carboxylic acids is 4. The van der Waals surface area contributed by atoms with Crippen LogP contribution in [-0.2, 0) is 47.7 Å². The van der Waals surface area contributed by atoms with Crippen LogP contribution >= 0.6 is 0 Å². The van der Waals surface area contributed by atoms with Gasteiger partial charge in [-0.1, -0.05) is 58.3 Å². The van der Waals surface area contributed by atoms with Gasteiger partial charge in [0.2, 0.25) is 23.6 Å². The van der Waals surface area contributed by atoms with Crippen molar-refractivity contribution in [2.24, 2.45) is 5.73 Å². The van der Waals surface area contributed by atoms with Crippen molar-refractivity contribution in [3.63, 3.8) is 0 Å². The molecule has 0 saturated carbocycles. The number of carbonyl (C=O) groups is 6. The molecule has 0 aliphatic rings. The van der Waals surface area contributed by atoms with Crippen molar-refractivity contribution < 1.29 is 57.9 Å². The van der Waals surface area contributed by atoms with Gasteiger partial charge in [0.15, 0.2) is 5.96 Å². The normalized spacial score (nSPS) is 11.9. The molecule has 4 amide bonds. The fourth-order valence-electron chi connectivity index (χ4n) is 4.85. The Morgan fingerprint density at radius 1 is 0.537 bits per heavy atom. The summed E-state index contributed by atoms with van der Waals surface area (Å²) in [6, 6.07) is -2.22. The Hall–Kier alpha value is -4.07. The van der Waals surface area contributed by atoms with Crippen LogP contribution in [0.4, 0.5) is 0 Å². The summed E-state index contributed by atoms with van der Waals surface area (Å²) in [4.78, 5) is 71.0. The van der Waals surface area contributed by atoms with E-state index in [0.29, 0.717) is 19.4 Å². The molecule has 0 bridgehead atoms. The van der Waals surface area contributed by atoms with Crippen molar-refractivity contribution in [2.45, 2.75) is 109 Å². The molecule has 0 heterocycles. The van der Waals surface area contributed by atoms with E-state index in [1.165, 1.54) is 32.1 Å². The van der Waals surface area contributed by atoms with Crippen LogP contribution in [0.2, 0.25) is 0 Å². The highest BCUT2D eigenvalue weighted by atomic mass is 16.5. The summed E-state index contributed by atoms with van der Waals surface area (Å²) in [6.07, 6.45) is 10.8. The molecule has 19 nitrogen and oxygen atoms in total. The van der Waals surface area contributed by atoms with Crippen molar-refractivity contribution in [3.8, 4) is 0 Å². The van der Waals surface area contributed by atoms with Crippen LogP contribution in [0, 0.1) is 5.41 Å². The van der Waals surface area contributed by atoms with Crippen LogP contribution in [0.25, 0.3) is 0 Å². The molecule has 0 aromatic heterocycles. The second-order valence-corrected chi connectivity index (χ2v) is 12.5. The summed E-state index contributed by atoms with van der Waals surface area (Å²) in [6.45, 7) is 3.32.